The molecule has 2 aliphatic rings. The van der Waals surface area contributed by atoms with Crippen LogP contribution in [0.25, 0.3) is 0 Å². The maximum absolute atomic E-state index is 13.0. The summed E-state index contributed by atoms with van der Waals surface area (Å²) in [4.78, 5) is 6.12. The van der Waals surface area contributed by atoms with E-state index in [0.717, 1.165) is 30.4 Å². The van der Waals surface area contributed by atoms with E-state index in [1.54, 1.807) is 6.20 Å². The Bertz CT molecular complexity index is 540. The number of hydrogen-bond donors (Lipinski definition) is 0. The average molecular weight is 393 g/mol. The molecular formula is C16H20BrF3N2O. The Morgan fingerprint density at radius 3 is 2.57 bits per heavy atom. The molecule has 0 unspecified atom stereocenters. The molecule has 7 heteroatoms. The van der Waals surface area contributed by atoms with Crippen molar-refractivity contribution in [1.82, 2.24) is 9.88 Å². The highest BCUT2D eigenvalue weighted by Gasteiger charge is 2.63. The van der Waals surface area contributed by atoms with Gasteiger partial charge in [0, 0.05) is 12.7 Å². The molecule has 3 rings (SSSR count). The van der Waals surface area contributed by atoms with Crippen LogP contribution in [-0.4, -0.2) is 42.3 Å². The van der Waals surface area contributed by atoms with Gasteiger partial charge < -0.3 is 9.64 Å². The number of piperidine rings is 1. The molecule has 2 fully saturated rings. The Hall–Kier alpha value is -0.820. The van der Waals surface area contributed by atoms with Crippen LogP contribution in [0.15, 0.2) is 22.8 Å². The number of alkyl halides is 3. The van der Waals surface area contributed by atoms with Gasteiger partial charge in [0.05, 0.1) is 16.5 Å². The van der Waals surface area contributed by atoms with E-state index >= 15 is 0 Å². The van der Waals surface area contributed by atoms with E-state index < -0.39 is 11.6 Å². The predicted molar refractivity (Wildman–Crippen MR) is 84.3 cm³/mol. The van der Waals surface area contributed by atoms with E-state index in [9.17, 15) is 13.2 Å². The first kappa shape index (κ1) is 17.0. The third-order valence-corrected chi connectivity index (χ3v) is 5.47. The van der Waals surface area contributed by atoms with Crippen molar-refractivity contribution in [3.63, 3.8) is 0 Å². The lowest BCUT2D eigenvalue weighted by Gasteiger charge is -2.34. The molecule has 1 aromatic heterocycles. The van der Waals surface area contributed by atoms with Gasteiger partial charge in [-0.15, -0.1) is 0 Å². The van der Waals surface area contributed by atoms with Gasteiger partial charge in [-0.25, -0.2) is 4.98 Å². The van der Waals surface area contributed by atoms with Crippen molar-refractivity contribution in [2.24, 2.45) is 11.3 Å². The van der Waals surface area contributed by atoms with E-state index in [-0.39, 0.29) is 19.4 Å². The summed E-state index contributed by atoms with van der Waals surface area (Å²) in [5, 5.41) is 0. The van der Waals surface area contributed by atoms with E-state index in [1.165, 1.54) is 0 Å². The van der Waals surface area contributed by atoms with Crippen molar-refractivity contribution >= 4 is 15.9 Å². The monoisotopic (exact) mass is 392 g/mol. The number of halogens is 4. The fraction of sp³-hybridized carbons (Fsp3) is 0.688. The maximum Gasteiger partial charge on any atom is 0.395 e. The summed E-state index contributed by atoms with van der Waals surface area (Å²) < 4.78 is 45.6. The second-order valence-electron chi connectivity index (χ2n) is 6.60. The molecule has 2 heterocycles. The van der Waals surface area contributed by atoms with Gasteiger partial charge in [-0.3, -0.25) is 0 Å². The molecule has 0 aromatic carbocycles. The number of likely N-dealkylation sites (tertiary alicyclic amines) is 1. The van der Waals surface area contributed by atoms with Crippen LogP contribution >= 0.6 is 15.9 Å². The number of pyridine rings is 1. The zero-order valence-corrected chi connectivity index (χ0v) is 14.4. The van der Waals surface area contributed by atoms with Crippen molar-refractivity contribution in [1.29, 1.82) is 0 Å². The molecule has 1 aliphatic heterocycles. The first-order valence-corrected chi connectivity index (χ1v) is 8.71. The molecule has 0 spiro atoms. The molecule has 1 saturated heterocycles. The van der Waals surface area contributed by atoms with Gasteiger partial charge in [0.2, 0.25) is 5.88 Å². The Labute approximate surface area is 142 Å². The minimum absolute atomic E-state index is 0.163. The van der Waals surface area contributed by atoms with Gasteiger partial charge in [-0.2, -0.15) is 13.2 Å². The average Bonchev–Trinajstić information content (AvgIpc) is 3.29. The highest BCUT2D eigenvalue weighted by atomic mass is 79.9. The van der Waals surface area contributed by atoms with Crippen LogP contribution in [0.2, 0.25) is 0 Å². The number of aromatic nitrogens is 1. The van der Waals surface area contributed by atoms with Crippen LogP contribution in [0, 0.1) is 11.3 Å². The minimum Gasteiger partial charge on any atom is -0.477 e. The van der Waals surface area contributed by atoms with Crippen molar-refractivity contribution in [2.75, 3.05) is 26.2 Å². The van der Waals surface area contributed by atoms with E-state index in [4.69, 9.17) is 4.74 Å². The highest BCUT2D eigenvalue weighted by Crippen LogP contribution is 2.58. The largest absolute Gasteiger partial charge is 0.477 e. The summed E-state index contributed by atoms with van der Waals surface area (Å²) in [7, 11) is 0. The molecule has 1 aromatic rings. The molecular weight excluding hydrogens is 373 g/mol. The van der Waals surface area contributed by atoms with Crippen molar-refractivity contribution in [2.45, 2.75) is 31.9 Å². The molecule has 1 aliphatic carbocycles. The van der Waals surface area contributed by atoms with Gasteiger partial charge >= 0.3 is 6.18 Å². The summed E-state index contributed by atoms with van der Waals surface area (Å²) >= 11 is 3.39. The van der Waals surface area contributed by atoms with Crippen molar-refractivity contribution < 1.29 is 17.9 Å². The summed E-state index contributed by atoms with van der Waals surface area (Å²) in [6.45, 7) is 2.16. The summed E-state index contributed by atoms with van der Waals surface area (Å²) in [6.07, 6.45) is -0.0651. The van der Waals surface area contributed by atoms with Gasteiger partial charge in [0.1, 0.15) is 0 Å². The van der Waals surface area contributed by atoms with Crippen molar-refractivity contribution in [3.8, 4) is 5.88 Å². The summed E-state index contributed by atoms with van der Waals surface area (Å²) in [5.74, 6) is 0.949. The van der Waals surface area contributed by atoms with E-state index in [0.29, 0.717) is 18.4 Å². The molecule has 1 saturated carbocycles. The Kier molecular flexibility index (Phi) is 4.88. The maximum atomic E-state index is 13.0. The van der Waals surface area contributed by atoms with E-state index in [2.05, 4.69) is 20.9 Å². The van der Waals surface area contributed by atoms with Gasteiger partial charge in [0.25, 0.3) is 0 Å². The highest BCUT2D eigenvalue weighted by molar-refractivity contribution is 9.10. The lowest BCUT2D eigenvalue weighted by Crippen LogP contribution is -2.43. The van der Waals surface area contributed by atoms with Crippen LogP contribution in [0.3, 0.4) is 0 Å². The fourth-order valence-corrected chi connectivity index (χ4v) is 3.47. The third kappa shape index (κ3) is 3.99. The molecule has 128 valence electrons. The van der Waals surface area contributed by atoms with E-state index in [1.807, 2.05) is 17.0 Å². The standard InChI is InChI=1S/C16H20BrF3N2O/c17-13-2-1-7-21-14(13)23-10-12-3-8-22(9-4-12)11-15(5-6-15)16(18,19)20/h1-2,7,12H,3-6,8-11H2. The normalized spacial score (nSPS) is 22.1. The lowest BCUT2D eigenvalue weighted by atomic mass is 9.96. The van der Waals surface area contributed by atoms with Crippen molar-refractivity contribution in [3.05, 3.63) is 22.8 Å². The second-order valence-corrected chi connectivity index (χ2v) is 7.45. The Balaban J connectivity index is 1.43. The van der Waals surface area contributed by atoms with Gasteiger partial charge in [-0.1, -0.05) is 0 Å². The zero-order valence-electron chi connectivity index (χ0n) is 12.8. The smallest absolute Gasteiger partial charge is 0.395 e. The fourth-order valence-electron chi connectivity index (χ4n) is 3.10. The lowest BCUT2D eigenvalue weighted by molar-refractivity contribution is -0.192. The Morgan fingerprint density at radius 1 is 1.30 bits per heavy atom. The minimum atomic E-state index is -4.06. The van der Waals surface area contributed by atoms with Crippen LogP contribution < -0.4 is 4.74 Å². The van der Waals surface area contributed by atoms with Crippen LogP contribution in [0.4, 0.5) is 13.2 Å². The number of rotatable bonds is 5. The summed E-state index contributed by atoms with van der Waals surface area (Å²) in [5.41, 5.74) is -1.42. The predicted octanol–water partition coefficient (Wildman–Crippen LogP) is 4.28. The third-order valence-electron chi connectivity index (χ3n) is 4.87. The first-order chi connectivity index (χ1) is 10.9. The molecule has 3 nitrogen and oxygen atoms in total. The van der Waals surface area contributed by atoms with Crippen LogP contribution in [-0.2, 0) is 0 Å². The van der Waals surface area contributed by atoms with Gasteiger partial charge in [0.15, 0.2) is 0 Å². The molecule has 0 radical (unpaired) electrons. The SMILES string of the molecule is FC(F)(F)C1(CN2CCC(COc3ncccc3Br)CC2)CC1. The topological polar surface area (TPSA) is 25.4 Å². The Morgan fingerprint density at radius 2 is 2.00 bits per heavy atom. The summed E-state index contributed by atoms with van der Waals surface area (Å²) in [6, 6.07) is 3.70. The molecule has 23 heavy (non-hydrogen) atoms. The first-order valence-electron chi connectivity index (χ1n) is 7.92. The van der Waals surface area contributed by atoms with Crippen LogP contribution in [0.1, 0.15) is 25.7 Å². The molecule has 0 N–H and O–H groups in total. The van der Waals surface area contributed by atoms with Gasteiger partial charge in [-0.05, 0) is 72.8 Å². The number of hydrogen-bond acceptors (Lipinski definition) is 3. The second kappa shape index (κ2) is 6.59. The number of nitrogens with zero attached hydrogens (tertiary/aromatic N) is 2. The quantitative estimate of drug-likeness (QED) is 0.747. The zero-order chi connectivity index (χ0) is 16.5. The van der Waals surface area contributed by atoms with Crippen LogP contribution in [0.5, 0.6) is 5.88 Å². The molecule has 0 amide bonds. The number of ether oxygens (including phenoxy) is 1. The molecule has 0 atom stereocenters. The molecule has 0 bridgehead atoms.